The quantitative estimate of drug-likeness (QED) is 0.864. The predicted octanol–water partition coefficient (Wildman–Crippen LogP) is 2.56. The first kappa shape index (κ1) is 12.6. The van der Waals surface area contributed by atoms with Gasteiger partial charge in [0, 0.05) is 12.1 Å². The molecular weight excluding hydrogens is 208 g/mol. The molecule has 0 amide bonds. The van der Waals surface area contributed by atoms with Crippen molar-refractivity contribution in [3.05, 3.63) is 35.4 Å². The van der Waals surface area contributed by atoms with Gasteiger partial charge in [-0.1, -0.05) is 24.3 Å². The Balaban J connectivity index is 1.99. The summed E-state index contributed by atoms with van der Waals surface area (Å²) in [6, 6.07) is 8.93. The van der Waals surface area contributed by atoms with E-state index in [0.717, 1.165) is 19.5 Å². The third kappa shape index (κ3) is 3.08. The first-order valence-electron chi connectivity index (χ1n) is 6.65. The molecule has 2 heteroatoms. The summed E-state index contributed by atoms with van der Waals surface area (Å²) in [5, 5.41) is 0. The third-order valence-electron chi connectivity index (χ3n) is 3.90. The molecule has 2 N–H and O–H groups in total. The molecule has 0 radical (unpaired) electrons. The summed E-state index contributed by atoms with van der Waals surface area (Å²) in [5.41, 5.74) is 8.69. The van der Waals surface area contributed by atoms with Crippen LogP contribution >= 0.6 is 0 Å². The zero-order chi connectivity index (χ0) is 12.3. The van der Waals surface area contributed by atoms with Crippen molar-refractivity contribution < 1.29 is 0 Å². The van der Waals surface area contributed by atoms with Gasteiger partial charge in [-0.25, -0.2) is 0 Å². The van der Waals surface area contributed by atoms with Gasteiger partial charge in [0.15, 0.2) is 0 Å². The molecule has 2 rings (SSSR count). The largest absolute Gasteiger partial charge is 0.330 e. The fraction of sp³-hybridized carbons (Fsp3) is 0.600. The van der Waals surface area contributed by atoms with Crippen LogP contribution in [0.4, 0.5) is 0 Å². The maximum absolute atomic E-state index is 5.56. The number of hydrogen-bond donors (Lipinski definition) is 1. The highest BCUT2D eigenvalue weighted by molar-refractivity contribution is 5.23. The number of likely N-dealkylation sites (tertiary alicyclic amines) is 1. The molecular formula is C15H24N2. The van der Waals surface area contributed by atoms with Crippen molar-refractivity contribution in [2.75, 3.05) is 13.1 Å². The van der Waals surface area contributed by atoms with E-state index in [0.29, 0.717) is 5.54 Å². The number of hydrogen-bond acceptors (Lipinski definition) is 2. The lowest BCUT2D eigenvalue weighted by atomic mass is 10.0. The van der Waals surface area contributed by atoms with Crippen LogP contribution in [0, 0.1) is 0 Å². The van der Waals surface area contributed by atoms with E-state index in [4.69, 9.17) is 5.73 Å². The highest BCUT2D eigenvalue weighted by atomic mass is 15.2. The molecule has 2 nitrogen and oxygen atoms in total. The van der Waals surface area contributed by atoms with Crippen molar-refractivity contribution in [1.82, 2.24) is 4.90 Å². The summed E-state index contributed by atoms with van der Waals surface area (Å²) < 4.78 is 0. The van der Waals surface area contributed by atoms with Crippen LogP contribution in [0.1, 0.15) is 37.8 Å². The molecule has 1 heterocycles. The average molecular weight is 232 g/mol. The Morgan fingerprint density at radius 2 is 1.82 bits per heavy atom. The molecule has 0 atom stereocenters. The number of nitrogens with zero attached hydrogens (tertiary/aromatic N) is 1. The second-order valence-electron chi connectivity index (χ2n) is 5.69. The summed E-state index contributed by atoms with van der Waals surface area (Å²) >= 11 is 0. The fourth-order valence-corrected chi connectivity index (χ4v) is 2.65. The molecule has 1 aromatic rings. The van der Waals surface area contributed by atoms with Gasteiger partial charge >= 0.3 is 0 Å². The molecule has 0 spiro atoms. The van der Waals surface area contributed by atoms with Gasteiger partial charge in [-0.2, -0.15) is 0 Å². The van der Waals surface area contributed by atoms with Crippen LogP contribution in [0.5, 0.6) is 0 Å². The Labute approximate surface area is 105 Å². The Hall–Kier alpha value is -0.860. The maximum Gasteiger partial charge on any atom is 0.0239 e. The summed E-state index contributed by atoms with van der Waals surface area (Å²) in [4.78, 5) is 2.59. The van der Waals surface area contributed by atoms with Crippen LogP contribution < -0.4 is 5.73 Å². The van der Waals surface area contributed by atoms with Crippen molar-refractivity contribution in [3.63, 3.8) is 0 Å². The van der Waals surface area contributed by atoms with Crippen molar-refractivity contribution >= 4 is 0 Å². The first-order chi connectivity index (χ1) is 8.12. The van der Waals surface area contributed by atoms with Gasteiger partial charge in [-0.3, -0.25) is 4.90 Å². The van der Waals surface area contributed by atoms with E-state index in [-0.39, 0.29) is 0 Å². The standard InChI is InChI=1S/C15H24N2/c1-15(2)9-3-11-17(15)12-14-6-4-13(5-7-14)8-10-16/h4-7H,3,8-12,16H2,1-2H3. The lowest BCUT2D eigenvalue weighted by Gasteiger charge is -2.31. The van der Waals surface area contributed by atoms with Crippen molar-refractivity contribution in [2.45, 2.75) is 45.2 Å². The smallest absolute Gasteiger partial charge is 0.0239 e. The SMILES string of the molecule is CC1(C)CCCN1Cc1ccc(CCN)cc1. The molecule has 94 valence electrons. The summed E-state index contributed by atoms with van der Waals surface area (Å²) in [6.45, 7) is 7.75. The summed E-state index contributed by atoms with van der Waals surface area (Å²) in [6.07, 6.45) is 3.63. The molecule has 1 fully saturated rings. The zero-order valence-corrected chi connectivity index (χ0v) is 11.1. The molecule has 17 heavy (non-hydrogen) atoms. The highest BCUT2D eigenvalue weighted by Gasteiger charge is 2.31. The van der Waals surface area contributed by atoms with Gasteiger partial charge in [0.2, 0.25) is 0 Å². The van der Waals surface area contributed by atoms with Gasteiger partial charge in [0.1, 0.15) is 0 Å². The minimum atomic E-state index is 0.371. The highest BCUT2D eigenvalue weighted by Crippen LogP contribution is 2.29. The second kappa shape index (κ2) is 5.19. The molecule has 1 aromatic carbocycles. The Bertz CT molecular complexity index is 354. The van der Waals surface area contributed by atoms with Crippen LogP contribution in [-0.2, 0) is 13.0 Å². The first-order valence-corrected chi connectivity index (χ1v) is 6.65. The normalized spacial score (nSPS) is 19.7. The molecule has 0 saturated carbocycles. The Morgan fingerprint density at radius 1 is 1.18 bits per heavy atom. The number of rotatable bonds is 4. The predicted molar refractivity (Wildman–Crippen MR) is 72.9 cm³/mol. The van der Waals surface area contributed by atoms with Crippen molar-refractivity contribution in [1.29, 1.82) is 0 Å². The van der Waals surface area contributed by atoms with E-state index >= 15 is 0 Å². The second-order valence-corrected chi connectivity index (χ2v) is 5.69. The number of nitrogens with two attached hydrogens (primary N) is 1. The molecule has 0 unspecified atom stereocenters. The minimum Gasteiger partial charge on any atom is -0.330 e. The van der Waals surface area contributed by atoms with Crippen LogP contribution in [-0.4, -0.2) is 23.5 Å². The van der Waals surface area contributed by atoms with Crippen molar-refractivity contribution in [2.24, 2.45) is 5.73 Å². The lowest BCUT2D eigenvalue weighted by molar-refractivity contribution is 0.166. The monoisotopic (exact) mass is 232 g/mol. The van der Waals surface area contributed by atoms with E-state index in [1.807, 2.05) is 0 Å². The van der Waals surface area contributed by atoms with Gasteiger partial charge in [0.05, 0.1) is 0 Å². The van der Waals surface area contributed by atoms with Crippen molar-refractivity contribution in [3.8, 4) is 0 Å². The Morgan fingerprint density at radius 3 is 2.35 bits per heavy atom. The fourth-order valence-electron chi connectivity index (χ4n) is 2.65. The van der Waals surface area contributed by atoms with Gasteiger partial charge < -0.3 is 5.73 Å². The molecule has 1 aliphatic rings. The molecule has 1 aliphatic heterocycles. The van der Waals surface area contributed by atoms with E-state index < -0.39 is 0 Å². The minimum absolute atomic E-state index is 0.371. The lowest BCUT2D eigenvalue weighted by Crippen LogP contribution is -2.37. The van der Waals surface area contributed by atoms with Gasteiger partial charge in [0.25, 0.3) is 0 Å². The Kier molecular flexibility index (Phi) is 3.85. The average Bonchev–Trinajstić information content (AvgIpc) is 2.62. The third-order valence-corrected chi connectivity index (χ3v) is 3.90. The maximum atomic E-state index is 5.56. The zero-order valence-electron chi connectivity index (χ0n) is 11.1. The van der Waals surface area contributed by atoms with E-state index in [2.05, 4.69) is 43.0 Å². The molecule has 0 aliphatic carbocycles. The van der Waals surface area contributed by atoms with Gasteiger partial charge in [-0.15, -0.1) is 0 Å². The summed E-state index contributed by atoms with van der Waals surface area (Å²) in [7, 11) is 0. The van der Waals surface area contributed by atoms with Crippen LogP contribution in [0.25, 0.3) is 0 Å². The van der Waals surface area contributed by atoms with Gasteiger partial charge in [-0.05, 0) is 57.3 Å². The van der Waals surface area contributed by atoms with Crippen LogP contribution in [0.2, 0.25) is 0 Å². The molecule has 0 bridgehead atoms. The molecule has 1 saturated heterocycles. The summed E-state index contributed by atoms with van der Waals surface area (Å²) in [5.74, 6) is 0. The van der Waals surface area contributed by atoms with E-state index in [9.17, 15) is 0 Å². The number of benzene rings is 1. The molecule has 0 aromatic heterocycles. The van der Waals surface area contributed by atoms with Crippen LogP contribution in [0.3, 0.4) is 0 Å². The van der Waals surface area contributed by atoms with E-state index in [1.165, 1.54) is 30.5 Å². The van der Waals surface area contributed by atoms with Crippen LogP contribution in [0.15, 0.2) is 24.3 Å². The topological polar surface area (TPSA) is 29.3 Å². The van der Waals surface area contributed by atoms with E-state index in [1.54, 1.807) is 0 Å².